The Balaban J connectivity index is 1.86. The van der Waals surface area contributed by atoms with Gasteiger partial charge in [0, 0.05) is 19.7 Å². The monoisotopic (exact) mass is 291 g/mol. The Morgan fingerprint density at radius 1 is 1.43 bits per heavy atom. The van der Waals surface area contributed by atoms with Crippen molar-refractivity contribution in [3.05, 3.63) is 35.9 Å². The zero-order chi connectivity index (χ0) is 15.1. The number of hydrogen-bond donors (Lipinski definition) is 1. The third kappa shape index (κ3) is 5.06. The molecule has 0 aliphatic carbocycles. The van der Waals surface area contributed by atoms with E-state index >= 15 is 0 Å². The Morgan fingerprint density at radius 3 is 2.95 bits per heavy atom. The van der Waals surface area contributed by atoms with Gasteiger partial charge in [0.1, 0.15) is 6.61 Å². The van der Waals surface area contributed by atoms with Gasteiger partial charge in [0.15, 0.2) is 11.5 Å². The van der Waals surface area contributed by atoms with Gasteiger partial charge in [0.25, 0.3) is 0 Å². The Morgan fingerprint density at radius 2 is 2.29 bits per heavy atom. The predicted octanol–water partition coefficient (Wildman–Crippen LogP) is 2.92. The molecular weight excluding hydrogens is 266 g/mol. The van der Waals surface area contributed by atoms with E-state index < -0.39 is 0 Å². The van der Waals surface area contributed by atoms with Gasteiger partial charge in [-0.1, -0.05) is 12.6 Å². The van der Waals surface area contributed by atoms with Crippen molar-refractivity contribution >= 4 is 0 Å². The third-order valence-electron chi connectivity index (χ3n) is 3.43. The molecule has 1 aromatic rings. The molecule has 1 aromatic carbocycles. The molecule has 116 valence electrons. The van der Waals surface area contributed by atoms with Crippen molar-refractivity contribution in [1.82, 2.24) is 5.32 Å². The Hall–Kier alpha value is -1.52. The molecule has 1 aliphatic heterocycles. The highest BCUT2D eigenvalue weighted by Gasteiger charge is 2.14. The number of benzene rings is 1. The van der Waals surface area contributed by atoms with Crippen LogP contribution in [0.25, 0.3) is 0 Å². The van der Waals surface area contributed by atoms with Crippen molar-refractivity contribution in [1.29, 1.82) is 0 Å². The zero-order valence-electron chi connectivity index (χ0n) is 13.0. The minimum absolute atomic E-state index is 0.366. The summed E-state index contributed by atoms with van der Waals surface area (Å²) in [5, 5.41) is 3.43. The minimum atomic E-state index is 0.366. The average Bonchev–Trinajstić information content (AvgIpc) is 2.98. The molecule has 1 saturated heterocycles. The summed E-state index contributed by atoms with van der Waals surface area (Å²) in [6.45, 7) is 8.88. The van der Waals surface area contributed by atoms with Crippen LogP contribution in [0.1, 0.15) is 25.3 Å². The molecule has 1 fully saturated rings. The lowest BCUT2D eigenvalue weighted by Crippen LogP contribution is -2.25. The highest BCUT2D eigenvalue weighted by Crippen LogP contribution is 2.28. The van der Waals surface area contributed by atoms with E-state index in [9.17, 15) is 0 Å². The highest BCUT2D eigenvalue weighted by atomic mass is 16.5. The second-order valence-corrected chi connectivity index (χ2v) is 5.50. The van der Waals surface area contributed by atoms with Crippen LogP contribution in [0.5, 0.6) is 11.5 Å². The predicted molar refractivity (Wildman–Crippen MR) is 84.0 cm³/mol. The molecule has 2 rings (SSSR count). The van der Waals surface area contributed by atoms with Gasteiger partial charge in [0.2, 0.25) is 0 Å². The number of hydrogen-bond acceptors (Lipinski definition) is 4. The summed E-state index contributed by atoms with van der Waals surface area (Å²) in [4.78, 5) is 0. The van der Waals surface area contributed by atoms with E-state index in [-0.39, 0.29) is 0 Å². The Labute approximate surface area is 127 Å². The number of rotatable bonds is 8. The molecule has 21 heavy (non-hydrogen) atoms. The first-order valence-corrected chi connectivity index (χ1v) is 7.45. The van der Waals surface area contributed by atoms with Crippen molar-refractivity contribution in [2.75, 3.05) is 26.9 Å². The second-order valence-electron chi connectivity index (χ2n) is 5.50. The molecule has 1 aliphatic rings. The number of methoxy groups -OCH3 is 1. The van der Waals surface area contributed by atoms with Crippen LogP contribution in [0.2, 0.25) is 0 Å². The molecule has 0 saturated carbocycles. The largest absolute Gasteiger partial charge is 0.493 e. The molecule has 0 bridgehead atoms. The van der Waals surface area contributed by atoms with Gasteiger partial charge in [-0.2, -0.15) is 0 Å². The maximum atomic E-state index is 5.67. The van der Waals surface area contributed by atoms with Gasteiger partial charge < -0.3 is 19.5 Å². The smallest absolute Gasteiger partial charge is 0.161 e. The summed E-state index contributed by atoms with van der Waals surface area (Å²) in [7, 11) is 1.66. The van der Waals surface area contributed by atoms with E-state index in [4.69, 9.17) is 14.2 Å². The summed E-state index contributed by atoms with van der Waals surface area (Å²) in [6.07, 6.45) is 2.70. The standard InChI is InChI=1S/C17H25NO3/c1-13(2)12-21-16-7-6-14(9-17(16)19-3)10-18-11-15-5-4-8-20-15/h6-7,9,15,18H,1,4-5,8,10-12H2,2-3H3. The number of nitrogens with one attached hydrogen (secondary N) is 1. The first-order valence-electron chi connectivity index (χ1n) is 7.45. The van der Waals surface area contributed by atoms with Gasteiger partial charge >= 0.3 is 0 Å². The molecule has 4 nitrogen and oxygen atoms in total. The molecule has 0 aromatic heterocycles. The van der Waals surface area contributed by atoms with Crippen LogP contribution in [0.4, 0.5) is 0 Å². The maximum Gasteiger partial charge on any atom is 0.161 e. The molecule has 1 unspecified atom stereocenters. The minimum Gasteiger partial charge on any atom is -0.493 e. The van der Waals surface area contributed by atoms with Crippen LogP contribution >= 0.6 is 0 Å². The van der Waals surface area contributed by atoms with Gasteiger partial charge in [-0.15, -0.1) is 0 Å². The summed E-state index contributed by atoms with van der Waals surface area (Å²) < 4.78 is 16.6. The van der Waals surface area contributed by atoms with Crippen molar-refractivity contribution in [3.63, 3.8) is 0 Å². The van der Waals surface area contributed by atoms with Crippen LogP contribution in [-0.4, -0.2) is 33.0 Å². The van der Waals surface area contributed by atoms with Crippen LogP contribution in [-0.2, 0) is 11.3 Å². The SMILES string of the molecule is C=C(C)COc1ccc(CNCC2CCCO2)cc1OC. The molecule has 1 N–H and O–H groups in total. The molecule has 4 heteroatoms. The van der Waals surface area contributed by atoms with Gasteiger partial charge in [-0.05, 0) is 43.0 Å². The Bertz CT molecular complexity index is 467. The van der Waals surface area contributed by atoms with E-state index in [2.05, 4.69) is 18.0 Å². The molecule has 0 spiro atoms. The summed E-state index contributed by atoms with van der Waals surface area (Å²) in [5.41, 5.74) is 2.16. The second kappa shape index (κ2) is 8.05. The normalized spacial score (nSPS) is 17.7. The van der Waals surface area contributed by atoms with Crippen LogP contribution in [0.3, 0.4) is 0 Å². The molecule has 0 amide bonds. The third-order valence-corrected chi connectivity index (χ3v) is 3.43. The van der Waals surface area contributed by atoms with Crippen molar-refractivity contribution in [3.8, 4) is 11.5 Å². The first-order chi connectivity index (χ1) is 10.2. The van der Waals surface area contributed by atoms with E-state index in [1.54, 1.807) is 7.11 Å². The lowest BCUT2D eigenvalue weighted by atomic mass is 10.2. The van der Waals surface area contributed by atoms with Crippen molar-refractivity contribution < 1.29 is 14.2 Å². The molecular formula is C17H25NO3. The van der Waals surface area contributed by atoms with Crippen LogP contribution in [0, 0.1) is 0 Å². The van der Waals surface area contributed by atoms with Crippen molar-refractivity contribution in [2.45, 2.75) is 32.4 Å². The molecule has 0 radical (unpaired) electrons. The van der Waals surface area contributed by atoms with E-state index in [0.29, 0.717) is 12.7 Å². The summed E-state index contributed by atoms with van der Waals surface area (Å²) >= 11 is 0. The highest BCUT2D eigenvalue weighted by molar-refractivity contribution is 5.43. The average molecular weight is 291 g/mol. The number of ether oxygens (including phenoxy) is 3. The molecule has 1 atom stereocenters. The van der Waals surface area contributed by atoms with Gasteiger partial charge in [-0.25, -0.2) is 0 Å². The van der Waals surface area contributed by atoms with E-state index in [1.165, 1.54) is 12.0 Å². The fourth-order valence-electron chi connectivity index (χ4n) is 2.32. The topological polar surface area (TPSA) is 39.7 Å². The molecule has 1 heterocycles. The zero-order valence-corrected chi connectivity index (χ0v) is 13.0. The Kier molecular flexibility index (Phi) is 6.08. The van der Waals surface area contributed by atoms with Gasteiger partial charge in [0.05, 0.1) is 13.2 Å². The van der Waals surface area contributed by atoms with Crippen LogP contribution in [0.15, 0.2) is 30.4 Å². The van der Waals surface area contributed by atoms with Crippen LogP contribution < -0.4 is 14.8 Å². The fourth-order valence-corrected chi connectivity index (χ4v) is 2.32. The summed E-state index contributed by atoms with van der Waals surface area (Å²) in [6, 6.07) is 6.01. The lowest BCUT2D eigenvalue weighted by Gasteiger charge is -2.14. The van der Waals surface area contributed by atoms with E-state index in [0.717, 1.165) is 43.2 Å². The van der Waals surface area contributed by atoms with Crippen molar-refractivity contribution in [2.24, 2.45) is 0 Å². The lowest BCUT2D eigenvalue weighted by molar-refractivity contribution is 0.110. The summed E-state index contributed by atoms with van der Waals surface area (Å²) in [5.74, 6) is 1.51. The fraction of sp³-hybridized carbons (Fsp3) is 0.529. The first kappa shape index (κ1) is 15.9. The quantitative estimate of drug-likeness (QED) is 0.748. The van der Waals surface area contributed by atoms with E-state index in [1.807, 2.05) is 19.1 Å². The van der Waals surface area contributed by atoms with Gasteiger partial charge in [-0.3, -0.25) is 0 Å². The maximum absolute atomic E-state index is 5.67.